The third kappa shape index (κ3) is 5.53. The van der Waals surface area contributed by atoms with E-state index < -0.39 is 5.60 Å². The fourth-order valence-corrected chi connectivity index (χ4v) is 4.01. The van der Waals surface area contributed by atoms with E-state index in [4.69, 9.17) is 21.4 Å². The van der Waals surface area contributed by atoms with Gasteiger partial charge in [0, 0.05) is 29.4 Å². The predicted octanol–water partition coefficient (Wildman–Crippen LogP) is 5.43. The summed E-state index contributed by atoms with van der Waals surface area (Å²) >= 11 is 6.74. The molecule has 3 N–H and O–H groups in total. The molecule has 0 radical (unpaired) electrons. The molecule has 1 atom stereocenters. The van der Waals surface area contributed by atoms with Gasteiger partial charge in [-0.05, 0) is 63.1 Å². The van der Waals surface area contributed by atoms with E-state index in [0.717, 1.165) is 39.0 Å². The molecule has 2 heterocycles. The molecule has 2 aromatic carbocycles. The quantitative estimate of drug-likeness (QED) is 0.301. The van der Waals surface area contributed by atoms with Gasteiger partial charge >= 0.3 is 0 Å². The lowest BCUT2D eigenvalue weighted by Crippen LogP contribution is -2.19. The summed E-state index contributed by atoms with van der Waals surface area (Å²) in [6.45, 7) is 7.45. The molecular weight excluding hydrogens is 464 g/mol. The second-order valence-corrected chi connectivity index (χ2v) is 9.36. The van der Waals surface area contributed by atoms with Crippen molar-refractivity contribution >= 4 is 28.2 Å². The molecule has 0 unspecified atom stereocenters. The Morgan fingerprint density at radius 2 is 1.83 bits per heavy atom. The largest absolute Gasteiger partial charge is 0.491 e. The molecule has 2 aromatic heterocycles. The zero-order chi connectivity index (χ0) is 25.2. The lowest BCUT2D eigenvalue weighted by molar-refractivity contribution is 0.0687. The van der Waals surface area contributed by atoms with Crippen LogP contribution in [0.1, 0.15) is 43.9 Å². The van der Waals surface area contributed by atoms with Gasteiger partial charge in [0.2, 0.25) is 0 Å². The van der Waals surface area contributed by atoms with Crippen molar-refractivity contribution < 1.29 is 14.9 Å². The Hall–Kier alpha value is -3.26. The fraction of sp³-hybridized carbons (Fsp3) is 0.296. The van der Waals surface area contributed by atoms with Gasteiger partial charge in [-0.15, -0.1) is 0 Å². The molecule has 0 spiro atoms. The van der Waals surface area contributed by atoms with Crippen molar-refractivity contribution in [3.8, 4) is 16.9 Å². The van der Waals surface area contributed by atoms with Crippen molar-refractivity contribution in [2.45, 2.75) is 39.3 Å². The Bertz CT molecular complexity index is 1340. The summed E-state index contributed by atoms with van der Waals surface area (Å²) in [5.74, 6) is 1.06. The first-order valence-electron chi connectivity index (χ1n) is 11.4. The zero-order valence-corrected chi connectivity index (χ0v) is 21.0. The van der Waals surface area contributed by atoms with Crippen LogP contribution < -0.4 is 10.1 Å². The Kier molecular flexibility index (Phi) is 7.21. The highest BCUT2D eigenvalue weighted by atomic mass is 35.5. The molecule has 8 heteroatoms. The van der Waals surface area contributed by atoms with Gasteiger partial charge in [0.1, 0.15) is 18.0 Å². The van der Waals surface area contributed by atoms with E-state index >= 15 is 0 Å². The zero-order valence-electron chi connectivity index (χ0n) is 20.2. The molecular formula is C27H29ClN4O3. The van der Waals surface area contributed by atoms with Gasteiger partial charge < -0.3 is 20.3 Å². The van der Waals surface area contributed by atoms with Gasteiger partial charge in [-0.3, -0.25) is 4.98 Å². The molecule has 0 amide bonds. The standard InChI is InChI=1S/C27H29ClN4O3/c1-16(18-6-5-7-21(12-18)35-11-10-33)32-25-22-13-19(8-9-23(22)31-17(2)24(25)28)20-14-29-26(30-15-20)27(3,4)34/h5-9,12-16,33-34H,10-11H2,1-4H3,(H,31,32)/t16-/m1/s1. The summed E-state index contributed by atoms with van der Waals surface area (Å²) < 4.78 is 5.56. The van der Waals surface area contributed by atoms with Crippen LogP contribution in [0.4, 0.5) is 5.69 Å². The van der Waals surface area contributed by atoms with E-state index in [1.165, 1.54) is 0 Å². The van der Waals surface area contributed by atoms with Gasteiger partial charge in [0.05, 0.1) is 28.5 Å². The van der Waals surface area contributed by atoms with Gasteiger partial charge in [0.15, 0.2) is 5.82 Å². The Morgan fingerprint density at radius 3 is 2.51 bits per heavy atom. The molecule has 0 fully saturated rings. The second-order valence-electron chi connectivity index (χ2n) is 8.98. The van der Waals surface area contributed by atoms with Crippen molar-refractivity contribution in [1.82, 2.24) is 15.0 Å². The van der Waals surface area contributed by atoms with Gasteiger partial charge in [-0.1, -0.05) is 29.8 Å². The Labute approximate surface area is 209 Å². The minimum Gasteiger partial charge on any atom is -0.491 e. The van der Waals surface area contributed by atoms with Crippen molar-refractivity contribution in [1.29, 1.82) is 0 Å². The van der Waals surface area contributed by atoms with E-state index in [1.54, 1.807) is 26.2 Å². The summed E-state index contributed by atoms with van der Waals surface area (Å²) in [6, 6.07) is 13.6. The van der Waals surface area contributed by atoms with Gasteiger partial charge in [0.25, 0.3) is 0 Å². The monoisotopic (exact) mass is 492 g/mol. The predicted molar refractivity (Wildman–Crippen MR) is 139 cm³/mol. The van der Waals surface area contributed by atoms with Crippen LogP contribution in [0.25, 0.3) is 22.0 Å². The number of aromatic nitrogens is 3. The molecule has 4 aromatic rings. The number of pyridine rings is 1. The molecule has 0 saturated heterocycles. The van der Waals surface area contributed by atoms with E-state index in [1.807, 2.05) is 49.4 Å². The van der Waals surface area contributed by atoms with E-state index in [2.05, 4.69) is 27.2 Å². The highest BCUT2D eigenvalue weighted by Gasteiger charge is 2.20. The molecule has 35 heavy (non-hydrogen) atoms. The summed E-state index contributed by atoms with van der Waals surface area (Å²) in [7, 11) is 0. The molecule has 0 bridgehead atoms. The number of rotatable bonds is 8. The minimum atomic E-state index is -1.11. The van der Waals surface area contributed by atoms with Crippen LogP contribution >= 0.6 is 11.6 Å². The number of hydrogen-bond acceptors (Lipinski definition) is 7. The van der Waals surface area contributed by atoms with Crippen molar-refractivity contribution in [2.24, 2.45) is 0 Å². The number of aryl methyl sites for hydroxylation is 1. The van der Waals surface area contributed by atoms with Crippen LogP contribution in [0.3, 0.4) is 0 Å². The van der Waals surface area contributed by atoms with Crippen molar-refractivity contribution in [2.75, 3.05) is 18.5 Å². The minimum absolute atomic E-state index is 0.0379. The smallest absolute Gasteiger partial charge is 0.159 e. The van der Waals surface area contributed by atoms with Gasteiger partial charge in [-0.2, -0.15) is 0 Å². The SMILES string of the molecule is Cc1nc2ccc(-c3cnc(C(C)(C)O)nc3)cc2c(N[C@H](C)c2cccc(OCCO)c2)c1Cl. The number of aliphatic hydroxyl groups is 2. The van der Waals surface area contributed by atoms with Crippen LogP contribution in [-0.2, 0) is 5.60 Å². The van der Waals surface area contributed by atoms with Crippen LogP contribution in [0.5, 0.6) is 5.75 Å². The maximum absolute atomic E-state index is 10.1. The number of hydrogen-bond donors (Lipinski definition) is 3. The average Bonchev–Trinajstić information content (AvgIpc) is 2.85. The number of halogens is 1. The molecule has 0 aliphatic heterocycles. The molecule has 0 saturated carbocycles. The highest BCUT2D eigenvalue weighted by Crippen LogP contribution is 2.37. The normalized spacial score (nSPS) is 12.5. The number of aliphatic hydroxyl groups excluding tert-OH is 1. The lowest BCUT2D eigenvalue weighted by atomic mass is 10.0. The Morgan fingerprint density at radius 1 is 1.09 bits per heavy atom. The second kappa shape index (κ2) is 10.2. The first-order valence-corrected chi connectivity index (χ1v) is 11.8. The lowest BCUT2D eigenvalue weighted by Gasteiger charge is -2.20. The average molecular weight is 493 g/mol. The molecule has 182 valence electrons. The van der Waals surface area contributed by atoms with Gasteiger partial charge in [-0.25, -0.2) is 9.97 Å². The molecule has 4 rings (SSSR count). The van der Waals surface area contributed by atoms with Crippen LogP contribution in [0, 0.1) is 6.92 Å². The maximum Gasteiger partial charge on any atom is 0.159 e. The third-order valence-corrected chi connectivity index (χ3v) is 6.17. The number of ether oxygens (including phenoxy) is 1. The summed E-state index contributed by atoms with van der Waals surface area (Å²) in [4.78, 5) is 13.3. The maximum atomic E-state index is 10.1. The number of nitrogens with zero attached hydrogens (tertiary/aromatic N) is 3. The number of benzene rings is 2. The summed E-state index contributed by atoms with van der Waals surface area (Å²) in [5.41, 5.74) is 4.00. The fourth-order valence-electron chi connectivity index (χ4n) is 3.81. The van der Waals surface area contributed by atoms with Crippen molar-refractivity contribution in [3.63, 3.8) is 0 Å². The van der Waals surface area contributed by atoms with E-state index in [9.17, 15) is 5.11 Å². The highest BCUT2D eigenvalue weighted by molar-refractivity contribution is 6.35. The van der Waals surface area contributed by atoms with Crippen LogP contribution in [-0.4, -0.2) is 38.4 Å². The topological polar surface area (TPSA) is 100 Å². The number of nitrogens with one attached hydrogen (secondary N) is 1. The molecule has 0 aliphatic rings. The molecule has 7 nitrogen and oxygen atoms in total. The first-order chi connectivity index (χ1) is 16.7. The number of anilines is 1. The third-order valence-electron chi connectivity index (χ3n) is 5.70. The van der Waals surface area contributed by atoms with E-state index in [0.29, 0.717) is 16.6 Å². The van der Waals surface area contributed by atoms with Crippen LogP contribution in [0.2, 0.25) is 5.02 Å². The van der Waals surface area contributed by atoms with Crippen LogP contribution in [0.15, 0.2) is 54.9 Å². The Balaban J connectivity index is 1.71. The molecule has 0 aliphatic carbocycles. The summed E-state index contributed by atoms with van der Waals surface area (Å²) in [6.07, 6.45) is 3.41. The summed E-state index contributed by atoms with van der Waals surface area (Å²) in [5, 5.41) is 24.2. The first kappa shape index (κ1) is 24.9. The van der Waals surface area contributed by atoms with E-state index in [-0.39, 0.29) is 19.3 Å². The van der Waals surface area contributed by atoms with Crippen molar-refractivity contribution in [3.05, 3.63) is 77.0 Å². The number of fused-ring (bicyclic) bond motifs is 1.